The topological polar surface area (TPSA) is 38.2 Å². The van der Waals surface area contributed by atoms with Crippen LogP contribution in [0.25, 0.3) is 10.9 Å². The quantitative estimate of drug-likeness (QED) is 0.271. The van der Waals surface area contributed by atoms with Crippen molar-refractivity contribution in [3.63, 3.8) is 0 Å². The first-order valence-electron chi connectivity index (χ1n) is 13.6. The standard InChI is InChI=1S/C30H40F3N4O/c1-36(2)29-25-12-6-7-13-26(25)34-28(35-29)15-9-10-22-16-18-24(19-17-22)37(3,4)21-20-23-11-5-8-14-27(23)38-30(31,32)33/h5-8,11-14,22,24H,9-10,15-21H2,1-4H3/q+1. The average molecular weight is 530 g/mol. The van der Waals surface area contributed by atoms with Crippen molar-refractivity contribution in [2.45, 2.75) is 63.8 Å². The number of rotatable bonds is 10. The summed E-state index contributed by atoms with van der Waals surface area (Å²) in [5, 5.41) is 1.08. The number of nitrogens with zero attached hydrogens (tertiary/aromatic N) is 4. The number of halogens is 3. The first-order valence-corrected chi connectivity index (χ1v) is 13.6. The van der Waals surface area contributed by atoms with Crippen molar-refractivity contribution in [3.8, 4) is 5.75 Å². The molecule has 1 aromatic heterocycles. The monoisotopic (exact) mass is 529 g/mol. The summed E-state index contributed by atoms with van der Waals surface area (Å²) in [6, 6.07) is 15.2. The van der Waals surface area contributed by atoms with Gasteiger partial charge in [-0.25, -0.2) is 9.97 Å². The molecular formula is C30H40F3N4O+. The summed E-state index contributed by atoms with van der Waals surface area (Å²) in [5.74, 6) is 2.50. The number of anilines is 1. The number of hydrogen-bond donors (Lipinski definition) is 0. The van der Waals surface area contributed by atoms with Gasteiger partial charge in [0.25, 0.3) is 0 Å². The van der Waals surface area contributed by atoms with Gasteiger partial charge in [0.1, 0.15) is 17.4 Å². The van der Waals surface area contributed by atoms with Crippen LogP contribution >= 0.6 is 0 Å². The van der Waals surface area contributed by atoms with Crippen molar-refractivity contribution < 1.29 is 22.4 Å². The van der Waals surface area contributed by atoms with E-state index in [2.05, 4.69) is 35.9 Å². The lowest BCUT2D eigenvalue weighted by atomic mass is 9.82. The zero-order chi connectivity index (χ0) is 27.3. The molecule has 0 atom stereocenters. The molecular weight excluding hydrogens is 489 g/mol. The van der Waals surface area contributed by atoms with Crippen LogP contribution in [0.3, 0.4) is 0 Å². The fraction of sp³-hybridized carbons (Fsp3) is 0.533. The first-order chi connectivity index (χ1) is 18.0. The minimum Gasteiger partial charge on any atom is -0.405 e. The zero-order valence-corrected chi connectivity index (χ0v) is 23.0. The molecule has 1 heterocycles. The van der Waals surface area contributed by atoms with Gasteiger partial charge >= 0.3 is 6.36 Å². The fourth-order valence-electron chi connectivity index (χ4n) is 5.77. The highest BCUT2D eigenvalue weighted by Gasteiger charge is 2.34. The summed E-state index contributed by atoms with van der Waals surface area (Å²) >= 11 is 0. The molecule has 0 N–H and O–H groups in total. The van der Waals surface area contributed by atoms with Crippen LogP contribution in [0.1, 0.15) is 49.9 Å². The van der Waals surface area contributed by atoms with Crippen LogP contribution in [0.2, 0.25) is 0 Å². The molecule has 0 unspecified atom stereocenters. The second-order valence-electron chi connectivity index (χ2n) is 11.3. The van der Waals surface area contributed by atoms with Gasteiger partial charge in [-0.05, 0) is 56.2 Å². The molecule has 0 saturated heterocycles. The Morgan fingerprint density at radius 1 is 0.921 bits per heavy atom. The molecule has 0 spiro atoms. The zero-order valence-electron chi connectivity index (χ0n) is 23.0. The predicted octanol–water partition coefficient (Wildman–Crippen LogP) is 6.80. The maximum Gasteiger partial charge on any atom is 0.573 e. The van der Waals surface area contributed by atoms with Gasteiger partial charge in [0.05, 0.1) is 32.2 Å². The second kappa shape index (κ2) is 11.9. The minimum absolute atomic E-state index is 0.0863. The van der Waals surface area contributed by atoms with E-state index in [1.807, 2.05) is 26.2 Å². The minimum atomic E-state index is -4.67. The van der Waals surface area contributed by atoms with E-state index in [0.29, 0.717) is 23.9 Å². The van der Waals surface area contributed by atoms with E-state index >= 15 is 0 Å². The van der Waals surface area contributed by atoms with Crippen molar-refractivity contribution in [2.75, 3.05) is 39.6 Å². The summed E-state index contributed by atoms with van der Waals surface area (Å²) < 4.78 is 43.4. The van der Waals surface area contributed by atoms with Gasteiger partial charge in [-0.15, -0.1) is 13.2 Å². The summed E-state index contributed by atoms with van der Waals surface area (Å²) in [5.41, 5.74) is 1.60. The van der Waals surface area contributed by atoms with Crippen molar-refractivity contribution in [1.82, 2.24) is 9.97 Å². The molecule has 1 fully saturated rings. The highest BCUT2D eigenvalue weighted by atomic mass is 19.4. The van der Waals surface area contributed by atoms with E-state index in [0.717, 1.165) is 59.3 Å². The molecule has 4 rings (SSSR count). The molecule has 38 heavy (non-hydrogen) atoms. The molecule has 206 valence electrons. The molecule has 1 aliphatic rings. The molecule has 3 aromatic rings. The number of quaternary nitrogens is 1. The van der Waals surface area contributed by atoms with Gasteiger partial charge < -0.3 is 14.1 Å². The van der Waals surface area contributed by atoms with Gasteiger partial charge in [-0.2, -0.15) is 0 Å². The van der Waals surface area contributed by atoms with Gasteiger partial charge in [-0.3, -0.25) is 0 Å². The van der Waals surface area contributed by atoms with Crippen LogP contribution in [0, 0.1) is 5.92 Å². The smallest absolute Gasteiger partial charge is 0.405 e. The third kappa shape index (κ3) is 7.37. The molecule has 0 aliphatic heterocycles. The summed E-state index contributed by atoms with van der Waals surface area (Å²) in [6.45, 7) is 0.779. The highest BCUT2D eigenvalue weighted by Crippen LogP contribution is 2.34. The van der Waals surface area contributed by atoms with E-state index in [-0.39, 0.29) is 5.75 Å². The number of hydrogen-bond acceptors (Lipinski definition) is 4. The van der Waals surface area contributed by atoms with Gasteiger partial charge in [-0.1, -0.05) is 36.8 Å². The lowest BCUT2D eigenvalue weighted by Gasteiger charge is -2.42. The number of benzene rings is 2. The lowest BCUT2D eigenvalue weighted by Crippen LogP contribution is -2.51. The number of para-hydroxylation sites is 2. The van der Waals surface area contributed by atoms with Gasteiger partial charge in [0.2, 0.25) is 0 Å². The summed E-state index contributed by atoms with van der Waals surface area (Å²) in [6.07, 6.45) is 3.71. The summed E-state index contributed by atoms with van der Waals surface area (Å²) in [7, 11) is 8.45. The van der Waals surface area contributed by atoms with Gasteiger partial charge in [0, 0.05) is 37.9 Å². The molecule has 0 bridgehead atoms. The van der Waals surface area contributed by atoms with E-state index in [9.17, 15) is 13.2 Å². The Hall–Kier alpha value is -2.87. The number of ether oxygens (including phenoxy) is 1. The Morgan fingerprint density at radius 3 is 2.32 bits per heavy atom. The fourth-order valence-corrected chi connectivity index (χ4v) is 5.77. The van der Waals surface area contributed by atoms with Crippen molar-refractivity contribution in [1.29, 1.82) is 0 Å². The molecule has 0 radical (unpaired) electrons. The van der Waals surface area contributed by atoms with Crippen molar-refractivity contribution in [3.05, 3.63) is 59.9 Å². The predicted molar refractivity (Wildman–Crippen MR) is 146 cm³/mol. The van der Waals surface area contributed by atoms with Crippen molar-refractivity contribution >= 4 is 16.7 Å². The number of likely N-dealkylation sites (N-methyl/N-ethyl adjacent to an activating group) is 1. The van der Waals surface area contributed by atoms with Crippen LogP contribution in [-0.2, 0) is 12.8 Å². The molecule has 2 aromatic carbocycles. The Morgan fingerprint density at radius 2 is 1.61 bits per heavy atom. The van der Waals surface area contributed by atoms with Crippen LogP contribution in [0.4, 0.5) is 19.0 Å². The Kier molecular flexibility index (Phi) is 8.81. The van der Waals surface area contributed by atoms with E-state index < -0.39 is 6.36 Å². The van der Waals surface area contributed by atoms with E-state index in [1.54, 1.807) is 18.2 Å². The molecule has 8 heteroatoms. The molecule has 0 amide bonds. The number of aromatic nitrogens is 2. The molecule has 1 saturated carbocycles. The lowest BCUT2D eigenvalue weighted by molar-refractivity contribution is -0.916. The third-order valence-corrected chi connectivity index (χ3v) is 8.03. The molecule has 5 nitrogen and oxygen atoms in total. The summed E-state index contributed by atoms with van der Waals surface area (Å²) in [4.78, 5) is 11.7. The van der Waals surface area contributed by atoms with Crippen LogP contribution in [0.5, 0.6) is 5.75 Å². The van der Waals surface area contributed by atoms with Crippen LogP contribution < -0.4 is 9.64 Å². The van der Waals surface area contributed by atoms with Gasteiger partial charge in [0.15, 0.2) is 0 Å². The largest absolute Gasteiger partial charge is 0.573 e. The number of alkyl halides is 3. The number of aryl methyl sites for hydroxylation is 1. The van der Waals surface area contributed by atoms with Crippen LogP contribution in [-0.4, -0.2) is 61.6 Å². The highest BCUT2D eigenvalue weighted by molar-refractivity contribution is 5.89. The van der Waals surface area contributed by atoms with E-state index in [1.165, 1.54) is 25.3 Å². The third-order valence-electron chi connectivity index (χ3n) is 8.03. The maximum absolute atomic E-state index is 12.8. The number of fused-ring (bicyclic) bond motifs is 1. The maximum atomic E-state index is 12.8. The first kappa shape index (κ1) is 28.1. The van der Waals surface area contributed by atoms with Crippen molar-refractivity contribution in [2.24, 2.45) is 5.92 Å². The van der Waals surface area contributed by atoms with E-state index in [4.69, 9.17) is 9.97 Å². The Labute approximate surface area is 224 Å². The second-order valence-corrected chi connectivity index (χ2v) is 11.3. The van der Waals surface area contributed by atoms with Crippen LogP contribution in [0.15, 0.2) is 48.5 Å². The Balaban J connectivity index is 1.26. The molecule has 1 aliphatic carbocycles. The average Bonchev–Trinajstić information content (AvgIpc) is 2.87. The Bertz CT molecular complexity index is 1200. The normalized spacial score (nSPS) is 18.5. The SMILES string of the molecule is CN(C)c1nc(CCCC2CCC([N+](C)(C)CCc3ccccc3OC(F)(F)F)CC2)nc2ccccc12.